The molecule has 5 atom stereocenters. The minimum atomic E-state index is -0.358. The summed E-state index contributed by atoms with van der Waals surface area (Å²) < 4.78 is 2.22. The Kier molecular flexibility index (Phi) is 4.87. The molecule has 4 heterocycles. The van der Waals surface area contributed by atoms with Crippen LogP contribution in [0.1, 0.15) is 46.5 Å². The van der Waals surface area contributed by atoms with Crippen molar-refractivity contribution in [1.29, 1.82) is 0 Å². The van der Waals surface area contributed by atoms with E-state index in [4.69, 9.17) is 0 Å². The normalized spacial score (nSPS) is 37.7. The topological polar surface area (TPSA) is 52.7 Å². The zero-order valence-electron chi connectivity index (χ0n) is 16.0. The molecular weight excluding hydrogens is 441 g/mol. The molecule has 4 aliphatic heterocycles. The molecule has 5 rings (SSSR count). The van der Waals surface area contributed by atoms with Gasteiger partial charge in [0, 0.05) is 56.0 Å². The number of halogens is 1. The lowest BCUT2D eigenvalue weighted by Crippen LogP contribution is -2.66. The molecular formula is C20H30IN3O2. The summed E-state index contributed by atoms with van der Waals surface area (Å²) in [6.45, 7) is 8.50. The molecule has 1 N–H and O–H groups in total. The SMILES string of the molecule is CC(=O)N1CC2CC(CC(C)(C)C(=O)N3CC4CC3C/C4=C\I)C1CN2. The van der Waals surface area contributed by atoms with Crippen LogP contribution in [0.4, 0.5) is 0 Å². The van der Waals surface area contributed by atoms with Gasteiger partial charge in [-0.15, -0.1) is 0 Å². The number of rotatable bonds is 3. The van der Waals surface area contributed by atoms with Gasteiger partial charge < -0.3 is 15.1 Å². The molecule has 144 valence electrons. The summed E-state index contributed by atoms with van der Waals surface area (Å²) in [6, 6.07) is 1.04. The summed E-state index contributed by atoms with van der Waals surface area (Å²) in [6.07, 6.45) is 4.17. The molecule has 5 nitrogen and oxygen atoms in total. The molecule has 0 radical (unpaired) electrons. The second-order valence-electron chi connectivity index (χ2n) is 9.36. The van der Waals surface area contributed by atoms with Crippen LogP contribution < -0.4 is 5.32 Å². The smallest absolute Gasteiger partial charge is 0.228 e. The van der Waals surface area contributed by atoms with E-state index in [1.54, 1.807) is 6.92 Å². The van der Waals surface area contributed by atoms with E-state index >= 15 is 0 Å². The van der Waals surface area contributed by atoms with Crippen LogP contribution in [0.25, 0.3) is 0 Å². The van der Waals surface area contributed by atoms with Crippen molar-refractivity contribution in [3.8, 4) is 0 Å². The first-order valence-corrected chi connectivity index (χ1v) is 11.2. The first-order chi connectivity index (χ1) is 12.3. The number of nitrogens with one attached hydrogen (secondary N) is 1. The number of nitrogens with zero attached hydrogens (tertiary/aromatic N) is 2. The molecule has 5 aliphatic rings. The van der Waals surface area contributed by atoms with Gasteiger partial charge in [0.25, 0.3) is 0 Å². The monoisotopic (exact) mass is 471 g/mol. The van der Waals surface area contributed by atoms with Crippen LogP contribution in [0.3, 0.4) is 0 Å². The van der Waals surface area contributed by atoms with Crippen molar-refractivity contribution in [1.82, 2.24) is 15.1 Å². The standard InChI is InChI=1S/C20H30IN3O2/c1-12(25)23-11-16-4-13(18(23)9-22-16)7-20(2,3)19(26)24-10-15-6-17(24)5-14(15)8-21/h8,13,15-18,22H,4-7,9-11H2,1-3H3/b14-8+. The number of hydrogen-bond acceptors (Lipinski definition) is 3. The number of carbonyl (C=O) groups is 2. The van der Waals surface area contributed by atoms with Crippen LogP contribution in [0, 0.1) is 17.3 Å². The second kappa shape index (κ2) is 6.76. The average molecular weight is 471 g/mol. The molecule has 26 heavy (non-hydrogen) atoms. The number of likely N-dealkylation sites (tertiary alicyclic amines) is 1. The third-order valence-electron chi connectivity index (χ3n) is 7.13. The Bertz CT molecular complexity index is 647. The quantitative estimate of drug-likeness (QED) is 0.644. The predicted octanol–water partition coefficient (Wildman–Crippen LogP) is 2.55. The fourth-order valence-corrected chi connectivity index (χ4v) is 6.61. The molecule has 1 saturated carbocycles. The summed E-state index contributed by atoms with van der Waals surface area (Å²) in [5.41, 5.74) is 1.17. The van der Waals surface area contributed by atoms with E-state index in [1.165, 1.54) is 5.57 Å². The molecule has 2 amide bonds. The first kappa shape index (κ1) is 18.7. The molecule has 0 aromatic heterocycles. The van der Waals surface area contributed by atoms with E-state index in [-0.39, 0.29) is 17.4 Å². The van der Waals surface area contributed by atoms with Crippen LogP contribution in [0.5, 0.6) is 0 Å². The van der Waals surface area contributed by atoms with Crippen molar-refractivity contribution in [2.45, 2.75) is 64.6 Å². The molecule has 6 heteroatoms. The van der Waals surface area contributed by atoms with E-state index in [0.717, 1.165) is 45.3 Å². The van der Waals surface area contributed by atoms with Crippen LogP contribution in [0.2, 0.25) is 0 Å². The lowest BCUT2D eigenvalue weighted by atomic mass is 9.72. The van der Waals surface area contributed by atoms with E-state index in [1.807, 2.05) is 4.90 Å². The Morgan fingerprint density at radius 2 is 2.04 bits per heavy atom. The Balaban J connectivity index is 1.44. The predicted molar refractivity (Wildman–Crippen MR) is 110 cm³/mol. The molecule has 0 aromatic carbocycles. The zero-order valence-corrected chi connectivity index (χ0v) is 18.2. The Morgan fingerprint density at radius 3 is 2.62 bits per heavy atom. The molecule has 4 saturated heterocycles. The van der Waals surface area contributed by atoms with Gasteiger partial charge in [0.05, 0.1) is 0 Å². The molecule has 5 unspecified atom stereocenters. The molecule has 1 aliphatic carbocycles. The van der Waals surface area contributed by atoms with Crippen molar-refractivity contribution < 1.29 is 9.59 Å². The molecule has 5 fully saturated rings. The minimum Gasteiger partial charge on any atom is -0.338 e. The van der Waals surface area contributed by atoms with Gasteiger partial charge in [-0.05, 0) is 35.7 Å². The van der Waals surface area contributed by atoms with Gasteiger partial charge in [-0.2, -0.15) is 0 Å². The van der Waals surface area contributed by atoms with Gasteiger partial charge in [0.2, 0.25) is 11.8 Å². The highest BCUT2D eigenvalue weighted by Crippen LogP contribution is 2.45. The fourth-order valence-electron chi connectivity index (χ4n) is 5.85. The van der Waals surface area contributed by atoms with Gasteiger partial charge in [-0.3, -0.25) is 9.59 Å². The highest BCUT2D eigenvalue weighted by atomic mass is 127. The summed E-state index contributed by atoms with van der Waals surface area (Å²) in [4.78, 5) is 29.6. The van der Waals surface area contributed by atoms with Gasteiger partial charge in [0.1, 0.15) is 0 Å². The lowest BCUT2D eigenvalue weighted by molar-refractivity contribution is -0.145. The number of piperazine rings is 1. The highest BCUT2D eigenvalue weighted by molar-refractivity contribution is 14.1. The largest absolute Gasteiger partial charge is 0.338 e. The molecule has 0 aromatic rings. The Morgan fingerprint density at radius 1 is 1.27 bits per heavy atom. The van der Waals surface area contributed by atoms with Crippen LogP contribution in [0.15, 0.2) is 9.66 Å². The van der Waals surface area contributed by atoms with Gasteiger partial charge in [0.15, 0.2) is 0 Å². The third-order valence-corrected chi connectivity index (χ3v) is 7.93. The van der Waals surface area contributed by atoms with E-state index in [2.05, 4.69) is 50.7 Å². The van der Waals surface area contributed by atoms with Crippen molar-refractivity contribution in [2.24, 2.45) is 17.3 Å². The number of amides is 2. The van der Waals surface area contributed by atoms with Crippen molar-refractivity contribution in [2.75, 3.05) is 19.6 Å². The summed E-state index contributed by atoms with van der Waals surface area (Å²) in [7, 11) is 0. The number of hydrogen-bond donors (Lipinski definition) is 1. The maximum atomic E-state index is 13.4. The Labute approximate surface area is 170 Å². The number of fused-ring (bicyclic) bond motifs is 5. The third kappa shape index (κ3) is 3.11. The second-order valence-corrected chi connectivity index (χ2v) is 9.98. The maximum absolute atomic E-state index is 13.4. The Hall–Kier alpha value is -0.630. The first-order valence-electron chi connectivity index (χ1n) is 9.91. The summed E-state index contributed by atoms with van der Waals surface area (Å²) in [5.74, 6) is 1.49. The van der Waals surface area contributed by atoms with Crippen molar-refractivity contribution >= 4 is 34.4 Å². The maximum Gasteiger partial charge on any atom is 0.228 e. The van der Waals surface area contributed by atoms with E-state index in [9.17, 15) is 9.59 Å². The van der Waals surface area contributed by atoms with E-state index < -0.39 is 0 Å². The lowest BCUT2D eigenvalue weighted by Gasteiger charge is -2.51. The van der Waals surface area contributed by atoms with Gasteiger partial charge in [-0.1, -0.05) is 42.0 Å². The van der Waals surface area contributed by atoms with Crippen molar-refractivity contribution in [3.63, 3.8) is 0 Å². The van der Waals surface area contributed by atoms with Gasteiger partial charge >= 0.3 is 0 Å². The summed E-state index contributed by atoms with van der Waals surface area (Å²) >= 11 is 2.34. The highest BCUT2D eigenvalue weighted by Gasteiger charge is 2.49. The summed E-state index contributed by atoms with van der Waals surface area (Å²) in [5, 5.41) is 3.54. The molecule has 0 spiro atoms. The zero-order chi connectivity index (χ0) is 18.6. The van der Waals surface area contributed by atoms with Crippen LogP contribution >= 0.6 is 22.6 Å². The number of piperidine rings is 3. The minimum absolute atomic E-state index is 0.172. The van der Waals surface area contributed by atoms with E-state index in [0.29, 0.717) is 29.8 Å². The van der Waals surface area contributed by atoms with Crippen molar-refractivity contribution in [3.05, 3.63) is 9.66 Å². The average Bonchev–Trinajstić information content (AvgIpc) is 3.21. The van der Waals surface area contributed by atoms with Gasteiger partial charge in [-0.25, -0.2) is 0 Å². The van der Waals surface area contributed by atoms with Crippen LogP contribution in [-0.4, -0.2) is 59.4 Å². The molecule has 4 bridgehead atoms. The number of carbonyl (C=O) groups excluding carboxylic acids is 2. The van der Waals surface area contributed by atoms with Crippen LogP contribution in [-0.2, 0) is 9.59 Å². The fraction of sp³-hybridized carbons (Fsp3) is 0.800.